The van der Waals surface area contributed by atoms with Gasteiger partial charge in [-0.3, -0.25) is 4.79 Å². The molecule has 0 bridgehead atoms. The Bertz CT molecular complexity index is 209. The molecule has 5 nitrogen and oxygen atoms in total. The van der Waals surface area contributed by atoms with Gasteiger partial charge in [0, 0.05) is 6.08 Å². The fourth-order valence-electron chi connectivity index (χ4n) is 0.648. The highest BCUT2D eigenvalue weighted by Gasteiger charge is 2.24. The van der Waals surface area contributed by atoms with Crippen molar-refractivity contribution < 1.29 is 24.5 Å². The molecule has 5 heteroatoms. The quantitative estimate of drug-likeness (QED) is 0.461. The number of hydrogen-bond acceptors (Lipinski definition) is 4. The van der Waals surface area contributed by atoms with Crippen molar-refractivity contribution in [1.29, 1.82) is 0 Å². The van der Waals surface area contributed by atoms with Crippen molar-refractivity contribution in [3.05, 3.63) is 12.7 Å². The normalized spacial score (nSPS) is 14.3. The number of carboxylic acid groups (broad SMARTS) is 1. The minimum atomic E-state index is -1.20. The number of carbonyl (C=O) groups excluding carboxylic acids is 1. The molecule has 13 heavy (non-hydrogen) atoms. The number of aliphatic hydroxyl groups excluding tert-OH is 1. The SMILES string of the molecule is C=CC(=O)OCC(C(=O)O)C(C)O. The van der Waals surface area contributed by atoms with E-state index >= 15 is 0 Å². The summed E-state index contributed by atoms with van der Waals surface area (Å²) in [7, 11) is 0. The molecule has 0 spiro atoms. The molecule has 0 aliphatic carbocycles. The minimum absolute atomic E-state index is 0.349. The van der Waals surface area contributed by atoms with Crippen LogP contribution >= 0.6 is 0 Å². The molecule has 0 amide bonds. The molecule has 0 fully saturated rings. The number of carbonyl (C=O) groups is 2. The number of hydrogen-bond donors (Lipinski definition) is 2. The zero-order valence-corrected chi connectivity index (χ0v) is 7.27. The molecule has 0 aliphatic heterocycles. The van der Waals surface area contributed by atoms with E-state index in [-0.39, 0.29) is 6.61 Å². The number of esters is 1. The predicted molar refractivity (Wildman–Crippen MR) is 44.0 cm³/mol. The molecule has 0 aliphatic rings. The van der Waals surface area contributed by atoms with Gasteiger partial charge in [-0.1, -0.05) is 6.58 Å². The van der Waals surface area contributed by atoms with Gasteiger partial charge in [0.1, 0.15) is 12.5 Å². The summed E-state index contributed by atoms with van der Waals surface area (Å²) in [5.74, 6) is -3.00. The Balaban J connectivity index is 4.04. The third kappa shape index (κ3) is 4.27. The molecule has 0 rings (SSSR count). The second-order valence-corrected chi connectivity index (χ2v) is 2.52. The second-order valence-electron chi connectivity index (χ2n) is 2.52. The van der Waals surface area contributed by atoms with Gasteiger partial charge in [0.2, 0.25) is 0 Å². The molecule has 0 aromatic carbocycles. The molecule has 0 radical (unpaired) electrons. The van der Waals surface area contributed by atoms with Crippen LogP contribution in [0.1, 0.15) is 6.92 Å². The number of aliphatic hydroxyl groups is 1. The van der Waals surface area contributed by atoms with Crippen LogP contribution in [0.5, 0.6) is 0 Å². The topological polar surface area (TPSA) is 83.8 Å². The van der Waals surface area contributed by atoms with Crippen LogP contribution in [0.15, 0.2) is 12.7 Å². The van der Waals surface area contributed by atoms with Gasteiger partial charge >= 0.3 is 11.9 Å². The summed E-state index contributed by atoms with van der Waals surface area (Å²) in [5.41, 5.74) is 0. The summed E-state index contributed by atoms with van der Waals surface area (Å²) < 4.78 is 4.48. The Hall–Kier alpha value is -1.36. The third-order valence-electron chi connectivity index (χ3n) is 1.47. The van der Waals surface area contributed by atoms with E-state index in [9.17, 15) is 9.59 Å². The Labute approximate surface area is 75.6 Å². The zero-order chi connectivity index (χ0) is 10.4. The lowest BCUT2D eigenvalue weighted by atomic mass is 10.1. The van der Waals surface area contributed by atoms with E-state index in [0.29, 0.717) is 0 Å². The predicted octanol–water partition coefficient (Wildman–Crippen LogP) is -0.203. The van der Waals surface area contributed by atoms with E-state index in [1.165, 1.54) is 6.92 Å². The first-order valence-electron chi connectivity index (χ1n) is 3.69. The first-order chi connectivity index (χ1) is 5.99. The van der Waals surface area contributed by atoms with E-state index in [2.05, 4.69) is 11.3 Å². The summed E-state index contributed by atoms with van der Waals surface area (Å²) >= 11 is 0. The maximum absolute atomic E-state index is 10.5. The second kappa shape index (κ2) is 5.31. The zero-order valence-electron chi connectivity index (χ0n) is 7.27. The largest absolute Gasteiger partial charge is 0.481 e. The van der Waals surface area contributed by atoms with Crippen LogP contribution in [-0.4, -0.2) is 34.9 Å². The molecule has 2 atom stereocenters. The molecule has 2 N–H and O–H groups in total. The minimum Gasteiger partial charge on any atom is -0.481 e. The lowest BCUT2D eigenvalue weighted by Crippen LogP contribution is -2.30. The van der Waals surface area contributed by atoms with Crippen LogP contribution in [0.2, 0.25) is 0 Å². The van der Waals surface area contributed by atoms with Crippen molar-refractivity contribution in [1.82, 2.24) is 0 Å². The van der Waals surface area contributed by atoms with Gasteiger partial charge in [-0.2, -0.15) is 0 Å². The molecular formula is C8H12O5. The number of rotatable bonds is 5. The maximum atomic E-state index is 10.5. The van der Waals surface area contributed by atoms with Crippen molar-refractivity contribution in [2.45, 2.75) is 13.0 Å². The highest BCUT2D eigenvalue weighted by atomic mass is 16.5. The summed E-state index contributed by atoms with van der Waals surface area (Å²) in [6.07, 6.45) is -0.129. The smallest absolute Gasteiger partial charge is 0.330 e. The van der Waals surface area contributed by atoms with Crippen LogP contribution in [0.3, 0.4) is 0 Å². The summed E-state index contributed by atoms with van der Waals surface area (Å²) in [4.78, 5) is 21.0. The molecular weight excluding hydrogens is 176 g/mol. The van der Waals surface area contributed by atoms with E-state index in [4.69, 9.17) is 10.2 Å². The first-order valence-corrected chi connectivity index (χ1v) is 3.69. The fraction of sp³-hybridized carbons (Fsp3) is 0.500. The number of aliphatic carboxylic acids is 1. The Morgan fingerprint density at radius 2 is 2.15 bits per heavy atom. The standard InChI is InChI=1S/C8H12O5/c1-3-7(10)13-4-6(5(2)9)8(11)12/h3,5-6,9H,1,4H2,2H3,(H,11,12). The molecule has 0 aromatic rings. The average molecular weight is 188 g/mol. The van der Waals surface area contributed by atoms with Gasteiger partial charge in [-0.15, -0.1) is 0 Å². The molecule has 74 valence electrons. The van der Waals surface area contributed by atoms with Crippen molar-refractivity contribution in [2.24, 2.45) is 5.92 Å². The first kappa shape index (κ1) is 11.6. The van der Waals surface area contributed by atoms with E-state index in [1.807, 2.05) is 0 Å². The summed E-state index contributed by atoms with van der Waals surface area (Å²) in [6.45, 7) is 4.11. The number of carboxylic acids is 1. The monoisotopic (exact) mass is 188 g/mol. The van der Waals surface area contributed by atoms with E-state index in [0.717, 1.165) is 6.08 Å². The Morgan fingerprint density at radius 3 is 2.46 bits per heavy atom. The molecule has 0 aromatic heterocycles. The summed E-state index contributed by atoms with van der Waals surface area (Å²) in [5, 5.41) is 17.5. The average Bonchev–Trinajstić information content (AvgIpc) is 2.03. The van der Waals surface area contributed by atoms with Gasteiger partial charge in [0.25, 0.3) is 0 Å². The van der Waals surface area contributed by atoms with Gasteiger partial charge < -0.3 is 14.9 Å². The van der Waals surface area contributed by atoms with Gasteiger partial charge in [0.15, 0.2) is 0 Å². The van der Waals surface area contributed by atoms with Crippen molar-refractivity contribution in [3.8, 4) is 0 Å². The highest BCUT2D eigenvalue weighted by molar-refractivity contribution is 5.81. The van der Waals surface area contributed by atoms with Crippen molar-refractivity contribution in [2.75, 3.05) is 6.61 Å². The van der Waals surface area contributed by atoms with E-state index in [1.54, 1.807) is 0 Å². The molecule has 0 heterocycles. The molecule has 0 saturated heterocycles. The Morgan fingerprint density at radius 1 is 1.62 bits per heavy atom. The van der Waals surface area contributed by atoms with Crippen molar-refractivity contribution >= 4 is 11.9 Å². The number of ether oxygens (including phenoxy) is 1. The van der Waals surface area contributed by atoms with E-state index < -0.39 is 24.0 Å². The molecule has 2 unspecified atom stereocenters. The van der Waals surface area contributed by atoms with Crippen molar-refractivity contribution in [3.63, 3.8) is 0 Å². The van der Waals surface area contributed by atoms with Crippen LogP contribution < -0.4 is 0 Å². The lowest BCUT2D eigenvalue weighted by molar-refractivity contribution is -0.152. The summed E-state index contributed by atoms with van der Waals surface area (Å²) in [6, 6.07) is 0. The third-order valence-corrected chi connectivity index (χ3v) is 1.47. The lowest BCUT2D eigenvalue weighted by Gasteiger charge is -2.14. The van der Waals surface area contributed by atoms with Gasteiger partial charge in [-0.25, -0.2) is 4.79 Å². The van der Waals surface area contributed by atoms with Gasteiger partial charge in [-0.05, 0) is 6.92 Å². The van der Waals surface area contributed by atoms with Gasteiger partial charge in [0.05, 0.1) is 6.10 Å². The van der Waals surface area contributed by atoms with Crippen LogP contribution in [0, 0.1) is 5.92 Å². The Kier molecular flexibility index (Phi) is 4.76. The van der Waals surface area contributed by atoms with Crippen LogP contribution in [0.4, 0.5) is 0 Å². The van der Waals surface area contributed by atoms with Crippen LogP contribution in [0.25, 0.3) is 0 Å². The highest BCUT2D eigenvalue weighted by Crippen LogP contribution is 2.04. The molecule has 0 saturated carbocycles. The van der Waals surface area contributed by atoms with Crippen LogP contribution in [-0.2, 0) is 14.3 Å². The fourth-order valence-corrected chi connectivity index (χ4v) is 0.648. The maximum Gasteiger partial charge on any atom is 0.330 e.